The zero-order valence-corrected chi connectivity index (χ0v) is 16.3. The minimum atomic E-state index is -1.12. The number of carboxylic acids is 1. The fourth-order valence-electron chi connectivity index (χ4n) is 2.91. The number of ether oxygens (including phenoxy) is 1. The first-order valence-corrected chi connectivity index (χ1v) is 9.16. The molecular formula is C21H16ClN5O3. The molecule has 1 aliphatic heterocycles. The lowest BCUT2D eigenvalue weighted by atomic mass is 9.95. The lowest BCUT2D eigenvalue weighted by Gasteiger charge is -2.21. The number of allylic oxidation sites excluding steroid dienone is 1. The van der Waals surface area contributed by atoms with Crippen LogP contribution in [0.2, 0.25) is 5.02 Å². The van der Waals surface area contributed by atoms with Gasteiger partial charge < -0.3 is 15.6 Å². The molecule has 0 fully saturated rings. The lowest BCUT2D eigenvalue weighted by molar-refractivity contribution is -0.139. The Morgan fingerprint density at radius 2 is 2.03 bits per heavy atom. The number of hydrogen-bond donors (Lipinski definition) is 2. The maximum absolute atomic E-state index is 10.6. The lowest BCUT2D eigenvalue weighted by Crippen LogP contribution is -2.40. The van der Waals surface area contributed by atoms with Gasteiger partial charge in [0.1, 0.15) is 23.9 Å². The average molecular weight is 422 g/mol. The van der Waals surface area contributed by atoms with Crippen LogP contribution in [-0.4, -0.2) is 29.6 Å². The van der Waals surface area contributed by atoms with Crippen LogP contribution in [0.15, 0.2) is 59.2 Å². The number of anilines is 1. The molecular weight excluding hydrogens is 406 g/mol. The summed E-state index contributed by atoms with van der Waals surface area (Å²) < 4.78 is 5.09. The molecule has 2 aromatic rings. The number of nitrogens with zero attached hydrogens (tertiary/aromatic N) is 4. The van der Waals surface area contributed by atoms with Crippen LogP contribution in [0.1, 0.15) is 5.56 Å². The number of benzene rings is 2. The highest BCUT2D eigenvalue weighted by atomic mass is 35.5. The van der Waals surface area contributed by atoms with E-state index in [9.17, 15) is 15.3 Å². The molecule has 3 N–H and O–H groups in total. The highest BCUT2D eigenvalue weighted by Crippen LogP contribution is 2.30. The number of aliphatic carboxylic acids is 1. The summed E-state index contributed by atoms with van der Waals surface area (Å²) in [5.74, 6) is -1.72. The molecule has 3 rings (SSSR count). The predicted octanol–water partition coefficient (Wildman–Crippen LogP) is 3.01. The number of carbonyl (C=O) groups is 1. The summed E-state index contributed by atoms with van der Waals surface area (Å²) in [6, 6.07) is 18.0. The van der Waals surface area contributed by atoms with E-state index in [1.54, 1.807) is 6.07 Å². The summed E-state index contributed by atoms with van der Waals surface area (Å²) in [5.41, 5.74) is 7.91. The van der Waals surface area contributed by atoms with Crippen LogP contribution >= 0.6 is 11.6 Å². The molecule has 30 heavy (non-hydrogen) atoms. The van der Waals surface area contributed by atoms with Crippen molar-refractivity contribution in [2.24, 2.45) is 16.8 Å². The third-order valence-corrected chi connectivity index (χ3v) is 4.60. The van der Waals surface area contributed by atoms with Crippen LogP contribution in [0.4, 0.5) is 5.69 Å². The van der Waals surface area contributed by atoms with E-state index >= 15 is 0 Å². The van der Waals surface area contributed by atoms with Gasteiger partial charge >= 0.3 is 5.97 Å². The Morgan fingerprint density at radius 1 is 1.30 bits per heavy atom. The van der Waals surface area contributed by atoms with Gasteiger partial charge in [0.2, 0.25) is 0 Å². The first-order valence-electron chi connectivity index (χ1n) is 8.79. The smallest absolute Gasteiger partial charge is 0.341 e. The molecule has 8 nitrogen and oxygen atoms in total. The molecule has 0 bridgehead atoms. The number of hydrogen-bond acceptors (Lipinski definition) is 7. The van der Waals surface area contributed by atoms with Gasteiger partial charge in [0.25, 0.3) is 0 Å². The van der Waals surface area contributed by atoms with Crippen molar-refractivity contribution in [3.05, 3.63) is 64.7 Å². The van der Waals surface area contributed by atoms with E-state index in [2.05, 4.69) is 17.2 Å². The van der Waals surface area contributed by atoms with Crippen LogP contribution in [-0.2, 0) is 4.79 Å². The average Bonchev–Trinajstić information content (AvgIpc) is 3.08. The summed E-state index contributed by atoms with van der Waals surface area (Å²) in [7, 11) is 0. The molecule has 0 unspecified atom stereocenters. The van der Waals surface area contributed by atoms with E-state index in [0.29, 0.717) is 11.3 Å². The first kappa shape index (κ1) is 20.9. The first-order chi connectivity index (χ1) is 14.4. The second-order valence-electron chi connectivity index (χ2n) is 6.30. The molecule has 0 saturated carbocycles. The fourth-order valence-corrected chi connectivity index (χ4v) is 3.15. The molecule has 0 spiro atoms. The fraction of sp³-hybridized carbons (Fsp3) is 0.143. The van der Waals surface area contributed by atoms with Gasteiger partial charge in [-0.1, -0.05) is 35.9 Å². The van der Waals surface area contributed by atoms with Crippen molar-refractivity contribution in [3.63, 3.8) is 0 Å². The molecule has 9 heteroatoms. The number of nitrogens with two attached hydrogens (primary N) is 1. The molecule has 0 saturated heterocycles. The van der Waals surface area contributed by atoms with Gasteiger partial charge in [-0.2, -0.15) is 15.6 Å². The van der Waals surface area contributed by atoms with E-state index < -0.39 is 24.7 Å². The minimum Gasteiger partial charge on any atom is -0.480 e. The van der Waals surface area contributed by atoms with Crippen LogP contribution in [0.3, 0.4) is 0 Å². The number of para-hydroxylation sites is 1. The van der Waals surface area contributed by atoms with E-state index in [-0.39, 0.29) is 22.1 Å². The Kier molecular flexibility index (Phi) is 6.33. The van der Waals surface area contributed by atoms with Crippen molar-refractivity contribution in [3.8, 4) is 17.9 Å². The molecule has 0 aliphatic carbocycles. The minimum absolute atomic E-state index is 0.172. The number of carboxylic acid groups (broad SMARTS) is 1. The highest BCUT2D eigenvalue weighted by Gasteiger charge is 2.37. The summed E-state index contributed by atoms with van der Waals surface area (Å²) in [4.78, 5) is 10.6. The molecule has 1 aliphatic rings. The Balaban J connectivity index is 1.93. The van der Waals surface area contributed by atoms with E-state index in [1.807, 2.05) is 30.3 Å². The summed E-state index contributed by atoms with van der Waals surface area (Å²) in [5, 5.41) is 34.1. The topological polar surface area (TPSA) is 136 Å². The molecule has 0 amide bonds. The van der Waals surface area contributed by atoms with Gasteiger partial charge in [-0.25, -0.2) is 9.80 Å². The third-order valence-electron chi connectivity index (χ3n) is 4.31. The van der Waals surface area contributed by atoms with Gasteiger partial charge in [-0.05, 0) is 35.9 Å². The number of nitriles is 2. The summed E-state index contributed by atoms with van der Waals surface area (Å²) in [6.45, 7) is -0.522. The van der Waals surface area contributed by atoms with Gasteiger partial charge in [0.15, 0.2) is 6.61 Å². The van der Waals surface area contributed by atoms with Gasteiger partial charge in [-0.15, -0.1) is 0 Å². The quantitative estimate of drug-likeness (QED) is 0.684. The van der Waals surface area contributed by atoms with Crippen molar-refractivity contribution in [1.29, 1.82) is 10.5 Å². The maximum atomic E-state index is 10.6. The Labute approximate surface area is 177 Å². The molecule has 0 aromatic heterocycles. The zero-order valence-electron chi connectivity index (χ0n) is 15.6. The summed E-state index contributed by atoms with van der Waals surface area (Å²) in [6.07, 6.45) is 0.802. The van der Waals surface area contributed by atoms with E-state index in [4.69, 9.17) is 27.2 Å². The van der Waals surface area contributed by atoms with Crippen LogP contribution in [0.5, 0.6) is 5.75 Å². The van der Waals surface area contributed by atoms with Gasteiger partial charge in [-0.3, -0.25) is 0 Å². The van der Waals surface area contributed by atoms with Gasteiger partial charge in [0.05, 0.1) is 28.1 Å². The van der Waals surface area contributed by atoms with Crippen molar-refractivity contribution in [2.45, 2.75) is 6.17 Å². The molecule has 150 valence electrons. The standard InChI is InChI=1S/C21H16ClN5O3/c22-17-9-13(6-7-18(17)30-12-19(28)29)8-14(10-23)20-16(11-24)21(25)27(26-20)15-4-2-1-3-5-15/h1-9,16,21H,12,25H2,(H,28,29)/b14-8-/t16-,21+/m0/s1. The zero-order chi connectivity index (χ0) is 21.7. The third kappa shape index (κ3) is 4.41. The van der Waals surface area contributed by atoms with Crippen LogP contribution in [0.25, 0.3) is 6.08 Å². The predicted molar refractivity (Wildman–Crippen MR) is 112 cm³/mol. The second-order valence-corrected chi connectivity index (χ2v) is 6.71. The summed E-state index contributed by atoms with van der Waals surface area (Å²) >= 11 is 6.14. The van der Waals surface area contributed by atoms with Crippen molar-refractivity contribution in [1.82, 2.24) is 0 Å². The van der Waals surface area contributed by atoms with Crippen molar-refractivity contribution < 1.29 is 14.6 Å². The Hall–Kier alpha value is -3.85. The second kappa shape index (κ2) is 9.10. The maximum Gasteiger partial charge on any atom is 0.341 e. The highest BCUT2D eigenvalue weighted by molar-refractivity contribution is 6.32. The number of hydrazone groups is 1. The Morgan fingerprint density at radius 3 is 2.63 bits per heavy atom. The van der Waals surface area contributed by atoms with Crippen LogP contribution in [0, 0.1) is 28.6 Å². The van der Waals surface area contributed by atoms with Crippen LogP contribution < -0.4 is 15.5 Å². The normalized spacial score (nSPS) is 18.3. The van der Waals surface area contributed by atoms with Crippen molar-refractivity contribution >= 4 is 35.0 Å². The monoisotopic (exact) mass is 421 g/mol. The largest absolute Gasteiger partial charge is 0.480 e. The molecule has 1 heterocycles. The number of halogens is 1. The van der Waals surface area contributed by atoms with Crippen molar-refractivity contribution in [2.75, 3.05) is 11.6 Å². The Bertz CT molecular complexity index is 1100. The molecule has 2 atom stereocenters. The van der Waals surface area contributed by atoms with E-state index in [1.165, 1.54) is 23.2 Å². The SMILES string of the molecule is N#C/C(=C/c1ccc(OCC(=O)O)c(Cl)c1)C1=NN(c2ccccc2)[C@@H](N)[C@H]1C#N. The van der Waals surface area contributed by atoms with E-state index in [0.717, 1.165) is 0 Å². The van der Waals surface area contributed by atoms with Gasteiger partial charge in [0, 0.05) is 0 Å². The number of rotatable bonds is 6. The molecule has 2 aromatic carbocycles. The molecule has 0 radical (unpaired) electrons.